The molecule has 0 unspecified atom stereocenters. The number of nitrogens with zero attached hydrogens (tertiary/aromatic N) is 1. The van der Waals surface area contributed by atoms with Gasteiger partial charge in [-0.25, -0.2) is 4.98 Å². The van der Waals surface area contributed by atoms with E-state index < -0.39 is 5.91 Å². The van der Waals surface area contributed by atoms with Crippen LogP contribution in [0.2, 0.25) is 0 Å². The first-order valence-electron chi connectivity index (χ1n) is 2.30. The average molecular weight is 162 g/mol. The molecule has 10 heavy (non-hydrogen) atoms. The van der Waals surface area contributed by atoms with Crippen molar-refractivity contribution >= 4 is 11.7 Å². The average Bonchev–Trinajstić information content (AvgIpc) is 2.13. The van der Waals surface area contributed by atoms with Crippen LogP contribution in [0.25, 0.3) is 0 Å². The molecule has 0 spiro atoms. The molecule has 0 aliphatic rings. The summed E-state index contributed by atoms with van der Waals surface area (Å²) in [6.45, 7) is 0. The number of hydrogen-bond donors (Lipinski definition) is 3. The van der Waals surface area contributed by atoms with Crippen molar-refractivity contribution in [2.75, 3.05) is 5.73 Å². The molecular weight excluding hydrogens is 156 g/mol. The first kappa shape index (κ1) is 8.77. The molecule has 1 aromatic heterocycles. The number of anilines is 1. The number of carbonyl (C=O) groups is 1. The number of primary amides is 1. The molecule has 1 amide bonds. The molecule has 1 heterocycles. The van der Waals surface area contributed by atoms with Crippen LogP contribution in [-0.2, 0) is 0 Å². The smallest absolute Gasteiger partial charge is 0.269 e. The number of halogens is 1. The van der Waals surface area contributed by atoms with E-state index in [9.17, 15) is 4.79 Å². The van der Waals surface area contributed by atoms with E-state index in [0.29, 0.717) is 0 Å². The normalized spacial score (nSPS) is 8.40. The first-order chi connectivity index (χ1) is 4.22. The fourth-order valence-electron chi connectivity index (χ4n) is 0.502. The highest BCUT2D eigenvalue weighted by atomic mass is 35.5. The van der Waals surface area contributed by atoms with Crippen molar-refractivity contribution in [2.45, 2.75) is 0 Å². The van der Waals surface area contributed by atoms with Crippen LogP contribution in [0.4, 0.5) is 5.82 Å². The lowest BCUT2D eigenvalue weighted by Crippen LogP contribution is -3.00. The molecule has 0 bridgehead atoms. The second kappa shape index (κ2) is 3.07. The van der Waals surface area contributed by atoms with E-state index in [0.717, 1.165) is 0 Å². The maximum atomic E-state index is 10.4. The first-order valence-corrected chi connectivity index (χ1v) is 2.30. The van der Waals surface area contributed by atoms with Gasteiger partial charge in [0.15, 0.2) is 5.82 Å². The third-order valence-electron chi connectivity index (χ3n) is 0.915. The lowest BCUT2D eigenvalue weighted by atomic mass is 10.4. The third kappa shape index (κ3) is 1.38. The maximum Gasteiger partial charge on any atom is 0.269 e. The molecule has 0 saturated carbocycles. The molecule has 56 valence electrons. The Balaban J connectivity index is 0.000000810. The number of nitrogen functional groups attached to an aromatic ring is 1. The van der Waals surface area contributed by atoms with Gasteiger partial charge in [-0.05, 0) is 0 Å². The molecule has 1 rings (SSSR count). The molecule has 0 fully saturated rings. The quantitative estimate of drug-likeness (QED) is 0.393. The van der Waals surface area contributed by atoms with E-state index in [4.69, 9.17) is 11.5 Å². The van der Waals surface area contributed by atoms with Crippen LogP contribution in [0.3, 0.4) is 0 Å². The van der Waals surface area contributed by atoms with Gasteiger partial charge < -0.3 is 28.9 Å². The van der Waals surface area contributed by atoms with Crippen molar-refractivity contribution in [3.63, 3.8) is 0 Å². The summed E-state index contributed by atoms with van der Waals surface area (Å²) >= 11 is 0. The van der Waals surface area contributed by atoms with Gasteiger partial charge in [-0.15, -0.1) is 0 Å². The number of aromatic amines is 1. The molecule has 0 atom stereocenters. The number of nitrogens with one attached hydrogen (secondary N) is 1. The van der Waals surface area contributed by atoms with E-state index >= 15 is 0 Å². The zero-order chi connectivity index (χ0) is 6.85. The molecule has 5 N–H and O–H groups in total. The molecule has 5 nitrogen and oxygen atoms in total. The Morgan fingerprint density at radius 3 is 2.50 bits per heavy atom. The minimum atomic E-state index is -0.593. The van der Waals surface area contributed by atoms with Crippen LogP contribution in [-0.4, -0.2) is 15.9 Å². The molecular formula is C4H6ClN4O-. The van der Waals surface area contributed by atoms with Crippen molar-refractivity contribution < 1.29 is 17.2 Å². The number of amides is 1. The third-order valence-corrected chi connectivity index (χ3v) is 0.915. The SMILES string of the molecule is NC(=O)c1[nH]cnc1N.[Cl-]. The summed E-state index contributed by atoms with van der Waals surface area (Å²) in [7, 11) is 0. The van der Waals surface area contributed by atoms with Gasteiger partial charge in [-0.2, -0.15) is 0 Å². The summed E-state index contributed by atoms with van der Waals surface area (Å²) in [5.74, 6) is -0.451. The standard InChI is InChI=1S/C4H6N4O.ClH/c5-3-2(4(6)9)7-1-8-3;/h1H,5H2,(H2,6,9)(H,7,8);1H/p-1. The van der Waals surface area contributed by atoms with Crippen LogP contribution >= 0.6 is 0 Å². The van der Waals surface area contributed by atoms with Gasteiger partial charge in [-0.3, -0.25) is 4.79 Å². The fourth-order valence-corrected chi connectivity index (χ4v) is 0.502. The molecule has 0 aliphatic carbocycles. The zero-order valence-electron chi connectivity index (χ0n) is 4.97. The lowest BCUT2D eigenvalue weighted by molar-refractivity contribution is -0.0000104. The summed E-state index contributed by atoms with van der Waals surface area (Å²) in [5, 5.41) is 0. The van der Waals surface area contributed by atoms with Gasteiger partial charge in [0.25, 0.3) is 5.91 Å². The van der Waals surface area contributed by atoms with Gasteiger partial charge in [-0.1, -0.05) is 0 Å². The zero-order valence-corrected chi connectivity index (χ0v) is 5.72. The summed E-state index contributed by atoms with van der Waals surface area (Å²) in [6, 6.07) is 0. The molecule has 0 radical (unpaired) electrons. The van der Waals surface area contributed by atoms with E-state index in [1.807, 2.05) is 0 Å². The second-order valence-electron chi connectivity index (χ2n) is 1.53. The van der Waals surface area contributed by atoms with Crippen molar-refractivity contribution in [1.82, 2.24) is 9.97 Å². The highest BCUT2D eigenvalue weighted by Gasteiger charge is 2.05. The summed E-state index contributed by atoms with van der Waals surface area (Å²) in [5.41, 5.74) is 10.2. The van der Waals surface area contributed by atoms with Crippen LogP contribution < -0.4 is 23.9 Å². The number of carbonyl (C=O) groups excluding carboxylic acids is 1. The topological polar surface area (TPSA) is 97.8 Å². The van der Waals surface area contributed by atoms with Crippen molar-refractivity contribution in [3.05, 3.63) is 12.0 Å². The van der Waals surface area contributed by atoms with E-state index in [1.54, 1.807) is 0 Å². The predicted octanol–water partition coefficient (Wildman–Crippen LogP) is -3.91. The van der Waals surface area contributed by atoms with E-state index in [1.165, 1.54) is 6.33 Å². The number of rotatable bonds is 1. The lowest BCUT2D eigenvalue weighted by Gasteiger charge is -1.87. The number of aromatic nitrogens is 2. The number of imidazole rings is 1. The number of H-pyrrole nitrogens is 1. The van der Waals surface area contributed by atoms with Gasteiger partial charge in [0.1, 0.15) is 5.69 Å². The minimum Gasteiger partial charge on any atom is -1.00 e. The summed E-state index contributed by atoms with van der Waals surface area (Å²) < 4.78 is 0. The number of hydrogen-bond acceptors (Lipinski definition) is 3. The van der Waals surface area contributed by atoms with Crippen molar-refractivity contribution in [2.24, 2.45) is 5.73 Å². The Kier molecular flexibility index (Phi) is 2.69. The highest BCUT2D eigenvalue weighted by molar-refractivity contribution is 5.94. The Morgan fingerprint density at radius 2 is 2.30 bits per heavy atom. The van der Waals surface area contributed by atoms with E-state index in [2.05, 4.69) is 9.97 Å². The highest BCUT2D eigenvalue weighted by Crippen LogP contribution is 2.00. The number of nitrogens with two attached hydrogens (primary N) is 2. The minimum absolute atomic E-state index is 0. The predicted molar refractivity (Wildman–Crippen MR) is 31.5 cm³/mol. The van der Waals surface area contributed by atoms with Crippen LogP contribution in [0.5, 0.6) is 0 Å². The maximum absolute atomic E-state index is 10.4. The van der Waals surface area contributed by atoms with Crippen LogP contribution in [0, 0.1) is 0 Å². The van der Waals surface area contributed by atoms with Gasteiger partial charge in [0, 0.05) is 0 Å². The van der Waals surface area contributed by atoms with Crippen molar-refractivity contribution in [1.29, 1.82) is 0 Å². The summed E-state index contributed by atoms with van der Waals surface area (Å²) in [6.07, 6.45) is 1.31. The van der Waals surface area contributed by atoms with Crippen molar-refractivity contribution in [3.8, 4) is 0 Å². The Morgan fingerprint density at radius 1 is 1.70 bits per heavy atom. The molecule has 6 heteroatoms. The largest absolute Gasteiger partial charge is 1.00 e. The van der Waals surface area contributed by atoms with Gasteiger partial charge in [0.05, 0.1) is 6.33 Å². The van der Waals surface area contributed by atoms with E-state index in [-0.39, 0.29) is 23.9 Å². The van der Waals surface area contributed by atoms with Crippen LogP contribution in [0.15, 0.2) is 6.33 Å². The van der Waals surface area contributed by atoms with Gasteiger partial charge in [0.2, 0.25) is 0 Å². The van der Waals surface area contributed by atoms with Gasteiger partial charge >= 0.3 is 0 Å². The Labute approximate surface area is 63.2 Å². The Bertz CT molecular complexity index is 233. The second-order valence-corrected chi connectivity index (χ2v) is 1.53. The Hall–Kier alpha value is -1.23. The fraction of sp³-hybridized carbons (Fsp3) is 0. The molecule has 1 aromatic rings. The molecule has 0 saturated heterocycles. The van der Waals surface area contributed by atoms with Crippen LogP contribution in [0.1, 0.15) is 10.5 Å². The monoisotopic (exact) mass is 161 g/mol. The molecule has 0 aromatic carbocycles. The molecule has 0 aliphatic heterocycles. The summed E-state index contributed by atoms with van der Waals surface area (Å²) in [4.78, 5) is 16.4.